The Labute approximate surface area is 155 Å². The summed E-state index contributed by atoms with van der Waals surface area (Å²) in [4.78, 5) is 22.1. The molecule has 0 bridgehead atoms. The summed E-state index contributed by atoms with van der Waals surface area (Å²) in [5.41, 5.74) is 8.32. The summed E-state index contributed by atoms with van der Waals surface area (Å²) in [6.45, 7) is 1.91. The van der Waals surface area contributed by atoms with Crippen molar-refractivity contribution in [2.45, 2.75) is 19.4 Å². The van der Waals surface area contributed by atoms with Crippen molar-refractivity contribution in [2.75, 3.05) is 5.43 Å². The normalized spacial score (nSPS) is 15.9. The van der Waals surface area contributed by atoms with E-state index in [9.17, 15) is 9.18 Å². The Morgan fingerprint density at radius 1 is 1.19 bits per heavy atom. The van der Waals surface area contributed by atoms with Crippen molar-refractivity contribution in [1.82, 2.24) is 10.4 Å². The molecule has 1 unspecified atom stereocenters. The van der Waals surface area contributed by atoms with E-state index in [0.29, 0.717) is 17.1 Å². The zero-order chi connectivity index (χ0) is 18.8. The Morgan fingerprint density at radius 2 is 2.04 bits per heavy atom. The van der Waals surface area contributed by atoms with E-state index in [0.717, 1.165) is 16.5 Å². The molecule has 4 rings (SSSR count). The number of fused-ring (bicyclic) bond motifs is 1. The zero-order valence-corrected chi connectivity index (χ0v) is 14.6. The molecule has 7 heteroatoms. The maximum atomic E-state index is 13.3. The topological polar surface area (TPSA) is 75.6 Å². The van der Waals surface area contributed by atoms with Crippen molar-refractivity contribution in [3.05, 3.63) is 71.5 Å². The van der Waals surface area contributed by atoms with Crippen LogP contribution < -0.4 is 10.9 Å². The molecule has 2 heterocycles. The summed E-state index contributed by atoms with van der Waals surface area (Å²) in [6, 6.07) is 15.8. The average Bonchev–Trinajstić information content (AvgIpc) is 3.16. The van der Waals surface area contributed by atoms with Crippen LogP contribution in [0.5, 0.6) is 0 Å². The summed E-state index contributed by atoms with van der Waals surface area (Å²) in [5, 5.41) is 4.94. The van der Waals surface area contributed by atoms with Crippen LogP contribution in [0.4, 0.5) is 10.2 Å². The van der Waals surface area contributed by atoms with Crippen LogP contribution in [0.2, 0.25) is 0 Å². The van der Waals surface area contributed by atoms with E-state index in [1.807, 2.05) is 37.3 Å². The van der Waals surface area contributed by atoms with Crippen LogP contribution in [0.1, 0.15) is 17.5 Å². The van der Waals surface area contributed by atoms with Crippen LogP contribution in [0.3, 0.4) is 0 Å². The van der Waals surface area contributed by atoms with Gasteiger partial charge in [0.2, 0.25) is 6.10 Å². The molecule has 1 aliphatic rings. The molecule has 2 aromatic carbocycles. The first-order valence-corrected chi connectivity index (χ1v) is 8.51. The van der Waals surface area contributed by atoms with Crippen LogP contribution in [0, 0.1) is 12.7 Å². The average molecular weight is 364 g/mol. The minimum Gasteiger partial charge on any atom is -0.382 e. The number of benzene rings is 2. The Hall–Kier alpha value is -3.48. The molecule has 0 saturated carbocycles. The lowest BCUT2D eigenvalue weighted by atomic mass is 10.0. The molecule has 27 heavy (non-hydrogen) atoms. The molecule has 0 aliphatic carbocycles. The third kappa shape index (κ3) is 3.57. The Morgan fingerprint density at radius 3 is 2.89 bits per heavy atom. The van der Waals surface area contributed by atoms with Crippen LogP contribution in [-0.4, -0.2) is 22.7 Å². The maximum Gasteiger partial charge on any atom is 0.282 e. The molecule has 1 aromatic heterocycles. The zero-order valence-electron chi connectivity index (χ0n) is 14.6. The van der Waals surface area contributed by atoms with E-state index in [1.165, 1.54) is 12.1 Å². The number of para-hydroxylation sites is 1. The number of hydrogen-bond acceptors (Lipinski definition) is 5. The van der Waals surface area contributed by atoms with Gasteiger partial charge in [-0.1, -0.05) is 35.5 Å². The van der Waals surface area contributed by atoms with Gasteiger partial charge in [-0.25, -0.2) is 9.37 Å². The van der Waals surface area contributed by atoms with Crippen molar-refractivity contribution < 1.29 is 14.0 Å². The van der Waals surface area contributed by atoms with E-state index in [4.69, 9.17) is 4.84 Å². The number of oxime groups is 1. The molecule has 1 amide bonds. The molecule has 0 fully saturated rings. The van der Waals surface area contributed by atoms with Crippen LogP contribution in [0.25, 0.3) is 10.9 Å². The standard InChI is InChI=1S/C20H17FN4O2/c1-12-9-13-5-2-3-8-16(13)22-19(12)23-24-20(26)18-11-17(25-27-18)14-6-4-7-15(21)10-14/h2-10,18H,11H2,1H3,(H,22,23)(H,24,26). The highest BCUT2D eigenvalue weighted by Crippen LogP contribution is 2.20. The number of nitrogens with one attached hydrogen (secondary N) is 2. The number of carbonyl (C=O) groups is 1. The largest absolute Gasteiger partial charge is 0.382 e. The number of aryl methyl sites for hydroxylation is 1. The lowest BCUT2D eigenvalue weighted by Crippen LogP contribution is -2.38. The lowest BCUT2D eigenvalue weighted by Gasteiger charge is -2.13. The molecule has 1 aliphatic heterocycles. The smallest absolute Gasteiger partial charge is 0.282 e. The van der Waals surface area contributed by atoms with Gasteiger partial charge in [-0.3, -0.25) is 15.6 Å². The quantitative estimate of drug-likeness (QED) is 0.697. The number of carbonyl (C=O) groups excluding carboxylic acids is 1. The number of anilines is 1. The highest BCUT2D eigenvalue weighted by Gasteiger charge is 2.29. The minimum atomic E-state index is -0.781. The first-order valence-electron chi connectivity index (χ1n) is 8.51. The molecule has 0 spiro atoms. The molecule has 3 aromatic rings. The fourth-order valence-corrected chi connectivity index (χ4v) is 2.91. The molecule has 0 saturated heterocycles. The Kier molecular flexibility index (Phi) is 4.42. The number of amides is 1. The number of aromatic nitrogens is 1. The highest BCUT2D eigenvalue weighted by atomic mass is 19.1. The molecular formula is C20H17FN4O2. The van der Waals surface area contributed by atoms with Crippen molar-refractivity contribution in [1.29, 1.82) is 0 Å². The predicted molar refractivity (Wildman–Crippen MR) is 101 cm³/mol. The fraction of sp³-hybridized carbons (Fsp3) is 0.150. The second-order valence-electron chi connectivity index (χ2n) is 6.31. The second-order valence-corrected chi connectivity index (χ2v) is 6.31. The van der Waals surface area contributed by atoms with Gasteiger partial charge >= 0.3 is 0 Å². The van der Waals surface area contributed by atoms with Gasteiger partial charge in [0.1, 0.15) is 11.6 Å². The number of nitrogens with zero attached hydrogens (tertiary/aromatic N) is 2. The van der Waals surface area contributed by atoms with Gasteiger partial charge in [0, 0.05) is 17.4 Å². The Bertz CT molecular complexity index is 1050. The number of hydrazine groups is 1. The third-order valence-corrected chi connectivity index (χ3v) is 4.34. The highest BCUT2D eigenvalue weighted by molar-refractivity contribution is 6.04. The Balaban J connectivity index is 1.40. The van der Waals surface area contributed by atoms with E-state index in [2.05, 4.69) is 21.0 Å². The SMILES string of the molecule is Cc1cc2ccccc2nc1NNC(=O)C1CC(c2cccc(F)c2)=NO1. The minimum absolute atomic E-state index is 0.265. The van der Waals surface area contributed by atoms with Gasteiger partial charge in [-0.15, -0.1) is 0 Å². The monoisotopic (exact) mass is 364 g/mol. The first-order chi connectivity index (χ1) is 13.1. The maximum absolute atomic E-state index is 13.3. The van der Waals surface area contributed by atoms with Crippen molar-refractivity contribution in [2.24, 2.45) is 5.16 Å². The molecule has 136 valence electrons. The van der Waals surface area contributed by atoms with Gasteiger partial charge < -0.3 is 4.84 Å². The van der Waals surface area contributed by atoms with Gasteiger partial charge in [-0.05, 0) is 36.8 Å². The van der Waals surface area contributed by atoms with Gasteiger partial charge in [0.25, 0.3) is 5.91 Å². The fourth-order valence-electron chi connectivity index (χ4n) is 2.91. The summed E-state index contributed by atoms with van der Waals surface area (Å²) in [7, 11) is 0. The van der Waals surface area contributed by atoms with Crippen molar-refractivity contribution in [3.63, 3.8) is 0 Å². The van der Waals surface area contributed by atoms with Crippen molar-refractivity contribution in [3.8, 4) is 0 Å². The first kappa shape index (κ1) is 17.0. The lowest BCUT2D eigenvalue weighted by molar-refractivity contribution is -0.130. The van der Waals surface area contributed by atoms with E-state index in [-0.39, 0.29) is 18.1 Å². The molecular weight excluding hydrogens is 347 g/mol. The van der Waals surface area contributed by atoms with Gasteiger partial charge in [0.15, 0.2) is 0 Å². The van der Waals surface area contributed by atoms with Crippen LogP contribution in [-0.2, 0) is 9.63 Å². The molecule has 6 nitrogen and oxygen atoms in total. The summed E-state index contributed by atoms with van der Waals surface area (Å²) < 4.78 is 13.3. The van der Waals surface area contributed by atoms with Crippen LogP contribution in [0.15, 0.2) is 59.8 Å². The predicted octanol–water partition coefficient (Wildman–Crippen LogP) is 3.32. The summed E-state index contributed by atoms with van der Waals surface area (Å²) in [6.07, 6.45) is -0.516. The molecule has 2 N–H and O–H groups in total. The van der Waals surface area contributed by atoms with E-state index >= 15 is 0 Å². The van der Waals surface area contributed by atoms with E-state index in [1.54, 1.807) is 12.1 Å². The third-order valence-electron chi connectivity index (χ3n) is 4.34. The molecule has 1 atom stereocenters. The summed E-state index contributed by atoms with van der Waals surface area (Å²) >= 11 is 0. The summed E-state index contributed by atoms with van der Waals surface area (Å²) in [5.74, 6) is -0.173. The number of halogens is 1. The number of hydrogen-bond donors (Lipinski definition) is 2. The van der Waals surface area contributed by atoms with Gasteiger partial charge in [-0.2, -0.15) is 0 Å². The van der Waals surface area contributed by atoms with Crippen LogP contribution >= 0.6 is 0 Å². The molecule has 0 radical (unpaired) electrons. The van der Waals surface area contributed by atoms with Crippen molar-refractivity contribution >= 4 is 28.3 Å². The van der Waals surface area contributed by atoms with E-state index < -0.39 is 6.10 Å². The number of pyridine rings is 1. The second kappa shape index (κ2) is 7.03. The number of rotatable bonds is 4. The van der Waals surface area contributed by atoms with Gasteiger partial charge in [0.05, 0.1) is 11.2 Å².